The predicted octanol–water partition coefficient (Wildman–Crippen LogP) is 0.518. The van der Waals surface area contributed by atoms with Crippen LogP contribution in [0.1, 0.15) is 20.3 Å². The summed E-state index contributed by atoms with van der Waals surface area (Å²) in [5, 5.41) is 2.54. The molecule has 0 unspecified atom stereocenters. The van der Waals surface area contributed by atoms with Gasteiger partial charge in [0, 0.05) is 13.2 Å². The summed E-state index contributed by atoms with van der Waals surface area (Å²) in [6, 6.07) is 0. The third kappa shape index (κ3) is 10.0. The SMILES string of the molecule is C=CCS(=O)(=O)CC(=O)NCCCOC(C)C. The highest BCUT2D eigenvalue weighted by atomic mass is 32.2. The summed E-state index contributed by atoms with van der Waals surface area (Å²) in [6.07, 6.45) is 2.11. The fraction of sp³-hybridized carbons (Fsp3) is 0.727. The van der Waals surface area contributed by atoms with Crippen LogP contribution in [0.25, 0.3) is 0 Å². The van der Waals surface area contributed by atoms with Crippen LogP contribution in [0, 0.1) is 0 Å². The summed E-state index contributed by atoms with van der Waals surface area (Å²) < 4.78 is 27.8. The van der Waals surface area contributed by atoms with E-state index in [-0.39, 0.29) is 11.9 Å². The number of rotatable bonds is 9. The number of carbonyl (C=O) groups excluding carboxylic acids is 1. The zero-order valence-electron chi connectivity index (χ0n) is 10.4. The number of hydrogen-bond acceptors (Lipinski definition) is 4. The smallest absolute Gasteiger partial charge is 0.235 e. The van der Waals surface area contributed by atoms with E-state index < -0.39 is 21.5 Å². The van der Waals surface area contributed by atoms with E-state index in [1.165, 1.54) is 6.08 Å². The molecule has 0 aromatic rings. The Morgan fingerprint density at radius 1 is 1.47 bits per heavy atom. The van der Waals surface area contributed by atoms with Crippen molar-refractivity contribution in [2.75, 3.05) is 24.7 Å². The molecule has 17 heavy (non-hydrogen) atoms. The number of amides is 1. The average Bonchev–Trinajstić information content (AvgIpc) is 2.15. The molecular weight excluding hydrogens is 242 g/mol. The van der Waals surface area contributed by atoms with Crippen molar-refractivity contribution in [3.8, 4) is 0 Å². The van der Waals surface area contributed by atoms with Crippen LogP contribution in [0.5, 0.6) is 0 Å². The Hall–Kier alpha value is -0.880. The predicted molar refractivity (Wildman–Crippen MR) is 67.6 cm³/mol. The summed E-state index contributed by atoms with van der Waals surface area (Å²) in [5.74, 6) is -1.13. The Morgan fingerprint density at radius 3 is 2.65 bits per heavy atom. The zero-order chi connectivity index (χ0) is 13.3. The first-order chi connectivity index (χ1) is 7.87. The van der Waals surface area contributed by atoms with Gasteiger partial charge < -0.3 is 10.1 Å². The Bertz CT molecular complexity index is 335. The highest BCUT2D eigenvalue weighted by molar-refractivity contribution is 7.92. The number of nitrogens with one attached hydrogen (secondary N) is 1. The Morgan fingerprint density at radius 2 is 2.12 bits per heavy atom. The van der Waals surface area contributed by atoms with Crippen molar-refractivity contribution in [2.24, 2.45) is 0 Å². The number of sulfone groups is 1. The fourth-order valence-electron chi connectivity index (χ4n) is 1.11. The van der Waals surface area contributed by atoms with E-state index in [0.29, 0.717) is 19.6 Å². The van der Waals surface area contributed by atoms with Gasteiger partial charge in [0.2, 0.25) is 5.91 Å². The van der Waals surface area contributed by atoms with Crippen molar-refractivity contribution in [1.29, 1.82) is 0 Å². The summed E-state index contributed by atoms with van der Waals surface area (Å²) in [6.45, 7) is 8.17. The van der Waals surface area contributed by atoms with Crippen LogP contribution in [0.3, 0.4) is 0 Å². The largest absolute Gasteiger partial charge is 0.379 e. The van der Waals surface area contributed by atoms with E-state index in [2.05, 4.69) is 11.9 Å². The van der Waals surface area contributed by atoms with Crippen molar-refractivity contribution in [2.45, 2.75) is 26.4 Å². The van der Waals surface area contributed by atoms with E-state index in [1.807, 2.05) is 13.8 Å². The van der Waals surface area contributed by atoms with Crippen LogP contribution >= 0.6 is 0 Å². The molecule has 6 heteroatoms. The molecule has 0 spiro atoms. The molecule has 1 amide bonds. The lowest BCUT2D eigenvalue weighted by Gasteiger charge is -2.08. The quantitative estimate of drug-likeness (QED) is 0.486. The Balaban J connectivity index is 3.70. The van der Waals surface area contributed by atoms with Crippen LogP contribution in [-0.2, 0) is 19.4 Å². The van der Waals surface area contributed by atoms with E-state index in [1.54, 1.807) is 0 Å². The lowest BCUT2D eigenvalue weighted by atomic mass is 10.4. The molecule has 100 valence electrons. The first kappa shape index (κ1) is 16.1. The van der Waals surface area contributed by atoms with Gasteiger partial charge in [-0.3, -0.25) is 4.79 Å². The van der Waals surface area contributed by atoms with Crippen molar-refractivity contribution in [3.63, 3.8) is 0 Å². The molecule has 0 bridgehead atoms. The monoisotopic (exact) mass is 263 g/mol. The topological polar surface area (TPSA) is 72.5 Å². The summed E-state index contributed by atoms with van der Waals surface area (Å²) in [7, 11) is -3.35. The minimum Gasteiger partial charge on any atom is -0.379 e. The molecule has 0 aliphatic carbocycles. The van der Waals surface area contributed by atoms with Gasteiger partial charge in [-0.2, -0.15) is 0 Å². The number of ether oxygens (including phenoxy) is 1. The third-order valence-corrected chi connectivity index (χ3v) is 3.26. The van der Waals surface area contributed by atoms with E-state index >= 15 is 0 Å². The van der Waals surface area contributed by atoms with Gasteiger partial charge in [-0.25, -0.2) is 8.42 Å². The Labute approximate surface area is 103 Å². The number of hydrogen-bond donors (Lipinski definition) is 1. The van der Waals surface area contributed by atoms with Crippen LogP contribution in [0.15, 0.2) is 12.7 Å². The Kier molecular flexibility index (Phi) is 7.82. The van der Waals surface area contributed by atoms with Crippen molar-refractivity contribution in [1.82, 2.24) is 5.32 Å². The average molecular weight is 263 g/mol. The van der Waals surface area contributed by atoms with E-state index in [4.69, 9.17) is 4.74 Å². The van der Waals surface area contributed by atoms with Gasteiger partial charge in [0.05, 0.1) is 11.9 Å². The molecule has 0 saturated heterocycles. The van der Waals surface area contributed by atoms with Crippen LogP contribution < -0.4 is 5.32 Å². The molecule has 0 aliphatic rings. The molecule has 5 nitrogen and oxygen atoms in total. The van der Waals surface area contributed by atoms with Crippen molar-refractivity contribution in [3.05, 3.63) is 12.7 Å². The lowest BCUT2D eigenvalue weighted by Crippen LogP contribution is -2.32. The molecule has 0 aromatic heterocycles. The maximum absolute atomic E-state index is 11.3. The normalized spacial score (nSPS) is 11.5. The minimum absolute atomic E-state index is 0.165. The van der Waals surface area contributed by atoms with Gasteiger partial charge in [-0.1, -0.05) is 6.08 Å². The molecule has 0 radical (unpaired) electrons. The molecule has 1 N–H and O–H groups in total. The molecule has 0 fully saturated rings. The molecule has 0 aromatic carbocycles. The van der Waals surface area contributed by atoms with Crippen LogP contribution in [-0.4, -0.2) is 45.1 Å². The van der Waals surface area contributed by atoms with E-state index in [9.17, 15) is 13.2 Å². The highest BCUT2D eigenvalue weighted by Gasteiger charge is 2.14. The maximum atomic E-state index is 11.3. The molecular formula is C11H21NO4S. The standard InChI is InChI=1S/C11H21NO4S/c1-4-8-17(14,15)9-11(13)12-6-5-7-16-10(2)3/h4,10H,1,5-9H2,2-3H3,(H,12,13). The van der Waals surface area contributed by atoms with Gasteiger partial charge >= 0.3 is 0 Å². The van der Waals surface area contributed by atoms with Gasteiger partial charge in [0.25, 0.3) is 0 Å². The van der Waals surface area contributed by atoms with Gasteiger partial charge in [-0.05, 0) is 20.3 Å². The second-order valence-corrected chi connectivity index (χ2v) is 6.08. The third-order valence-electron chi connectivity index (χ3n) is 1.82. The second kappa shape index (κ2) is 8.25. The second-order valence-electron chi connectivity index (χ2n) is 3.97. The molecule has 0 saturated carbocycles. The minimum atomic E-state index is -3.35. The van der Waals surface area contributed by atoms with Crippen molar-refractivity contribution < 1.29 is 17.9 Å². The summed E-state index contributed by atoms with van der Waals surface area (Å²) in [5.41, 5.74) is 0. The van der Waals surface area contributed by atoms with Crippen LogP contribution in [0.4, 0.5) is 0 Å². The van der Waals surface area contributed by atoms with Gasteiger partial charge in [0.1, 0.15) is 5.75 Å². The van der Waals surface area contributed by atoms with Crippen LogP contribution in [0.2, 0.25) is 0 Å². The maximum Gasteiger partial charge on any atom is 0.235 e. The summed E-state index contributed by atoms with van der Waals surface area (Å²) in [4.78, 5) is 11.3. The zero-order valence-corrected chi connectivity index (χ0v) is 11.3. The van der Waals surface area contributed by atoms with Crippen molar-refractivity contribution >= 4 is 15.7 Å². The lowest BCUT2D eigenvalue weighted by molar-refractivity contribution is -0.118. The first-order valence-corrected chi connectivity index (χ1v) is 7.39. The van der Waals surface area contributed by atoms with Gasteiger partial charge in [-0.15, -0.1) is 6.58 Å². The summed E-state index contributed by atoms with van der Waals surface area (Å²) >= 11 is 0. The molecule has 0 heterocycles. The van der Waals surface area contributed by atoms with Gasteiger partial charge in [0.15, 0.2) is 9.84 Å². The molecule has 0 rings (SSSR count). The fourth-order valence-corrected chi connectivity index (χ4v) is 2.09. The first-order valence-electron chi connectivity index (χ1n) is 5.57. The molecule has 0 atom stereocenters. The molecule has 0 aliphatic heterocycles. The van der Waals surface area contributed by atoms with E-state index in [0.717, 1.165) is 0 Å². The highest BCUT2D eigenvalue weighted by Crippen LogP contribution is 1.92. The number of carbonyl (C=O) groups is 1.